The molecule has 1 atom stereocenters. The summed E-state index contributed by atoms with van der Waals surface area (Å²) in [5, 5.41) is 3.48. The van der Waals surface area contributed by atoms with Crippen molar-refractivity contribution in [3.05, 3.63) is 48.5 Å². The van der Waals surface area contributed by atoms with Crippen LogP contribution in [0.2, 0.25) is 0 Å². The highest BCUT2D eigenvalue weighted by atomic mass is 15.0. The molecule has 17 heavy (non-hydrogen) atoms. The van der Waals surface area contributed by atoms with Crippen molar-refractivity contribution in [2.24, 2.45) is 0 Å². The molecular weight excluding hydrogens is 210 g/mol. The quantitative estimate of drug-likeness (QED) is 0.854. The fraction of sp³-hybridized carbons (Fsp3) is 0.357. The molecular formula is C14H19N3. The molecule has 1 heterocycles. The molecule has 0 radical (unpaired) electrons. The molecule has 0 aliphatic carbocycles. The Hall–Kier alpha value is -1.61. The molecule has 1 N–H and O–H groups in total. The van der Waals surface area contributed by atoms with E-state index >= 15 is 0 Å². The highest BCUT2D eigenvalue weighted by Crippen LogP contribution is 2.15. The Kier molecular flexibility index (Phi) is 3.94. The zero-order valence-corrected chi connectivity index (χ0v) is 10.4. The Morgan fingerprint density at radius 2 is 2.06 bits per heavy atom. The Morgan fingerprint density at radius 1 is 1.29 bits per heavy atom. The van der Waals surface area contributed by atoms with E-state index in [1.807, 2.05) is 17.1 Å². The van der Waals surface area contributed by atoms with Crippen LogP contribution in [0.3, 0.4) is 0 Å². The molecule has 1 aromatic heterocycles. The van der Waals surface area contributed by atoms with Gasteiger partial charge in [0.05, 0.1) is 6.33 Å². The van der Waals surface area contributed by atoms with E-state index in [1.165, 1.54) is 5.56 Å². The number of aromatic nitrogens is 2. The monoisotopic (exact) mass is 229 g/mol. The Bertz CT molecular complexity index is 431. The van der Waals surface area contributed by atoms with Crippen LogP contribution in [0.25, 0.3) is 5.69 Å². The fourth-order valence-electron chi connectivity index (χ4n) is 1.83. The molecule has 0 bridgehead atoms. The van der Waals surface area contributed by atoms with Gasteiger partial charge in [0.1, 0.15) is 0 Å². The summed E-state index contributed by atoms with van der Waals surface area (Å²) in [6.07, 6.45) is 6.72. The number of benzene rings is 1. The molecule has 3 nitrogen and oxygen atoms in total. The molecule has 0 saturated heterocycles. The van der Waals surface area contributed by atoms with Crippen molar-refractivity contribution >= 4 is 0 Å². The summed E-state index contributed by atoms with van der Waals surface area (Å²) >= 11 is 0. The molecule has 0 fully saturated rings. The first kappa shape index (κ1) is 11.9. The summed E-state index contributed by atoms with van der Waals surface area (Å²) in [5.74, 6) is 0. The van der Waals surface area contributed by atoms with Gasteiger partial charge in [-0.25, -0.2) is 4.98 Å². The third-order valence-corrected chi connectivity index (χ3v) is 2.90. The minimum absolute atomic E-state index is 0.409. The first-order valence-corrected chi connectivity index (χ1v) is 6.13. The summed E-state index contributed by atoms with van der Waals surface area (Å²) in [6, 6.07) is 9.00. The minimum atomic E-state index is 0.409. The number of nitrogens with zero attached hydrogens (tertiary/aromatic N) is 2. The normalized spacial score (nSPS) is 12.6. The first-order valence-electron chi connectivity index (χ1n) is 6.13. The highest BCUT2D eigenvalue weighted by molar-refractivity contribution is 5.35. The average molecular weight is 229 g/mol. The van der Waals surface area contributed by atoms with Crippen LogP contribution >= 0.6 is 0 Å². The van der Waals surface area contributed by atoms with Crippen LogP contribution in [0.4, 0.5) is 0 Å². The van der Waals surface area contributed by atoms with E-state index in [4.69, 9.17) is 0 Å². The van der Waals surface area contributed by atoms with Crippen LogP contribution in [0.5, 0.6) is 0 Å². The van der Waals surface area contributed by atoms with Gasteiger partial charge in [0.25, 0.3) is 0 Å². The first-order chi connectivity index (χ1) is 8.31. The van der Waals surface area contributed by atoms with Crippen molar-refractivity contribution in [1.82, 2.24) is 14.9 Å². The van der Waals surface area contributed by atoms with E-state index < -0.39 is 0 Å². The van der Waals surface area contributed by atoms with Gasteiger partial charge < -0.3 is 9.88 Å². The van der Waals surface area contributed by atoms with E-state index in [2.05, 4.69) is 48.4 Å². The van der Waals surface area contributed by atoms with Crippen molar-refractivity contribution in [3.63, 3.8) is 0 Å². The molecule has 0 saturated carbocycles. The predicted molar refractivity (Wildman–Crippen MR) is 70.3 cm³/mol. The number of hydrogen-bond donors (Lipinski definition) is 1. The van der Waals surface area contributed by atoms with Crippen molar-refractivity contribution in [1.29, 1.82) is 0 Å². The second-order valence-corrected chi connectivity index (χ2v) is 4.24. The van der Waals surface area contributed by atoms with Gasteiger partial charge in [-0.05, 0) is 37.6 Å². The maximum Gasteiger partial charge on any atom is 0.0991 e. The van der Waals surface area contributed by atoms with Gasteiger partial charge in [-0.1, -0.05) is 19.1 Å². The SMILES string of the molecule is CCCNC(C)c1ccc(-n2ccnc2)cc1. The Labute approximate surface area is 103 Å². The van der Waals surface area contributed by atoms with Gasteiger partial charge in [0.2, 0.25) is 0 Å². The van der Waals surface area contributed by atoms with E-state index in [-0.39, 0.29) is 0 Å². The molecule has 0 aliphatic rings. The van der Waals surface area contributed by atoms with Crippen molar-refractivity contribution in [2.75, 3.05) is 6.54 Å². The van der Waals surface area contributed by atoms with Crippen molar-refractivity contribution in [3.8, 4) is 5.69 Å². The summed E-state index contributed by atoms with van der Waals surface area (Å²) in [6.45, 7) is 5.44. The molecule has 0 amide bonds. The average Bonchev–Trinajstić information content (AvgIpc) is 2.90. The van der Waals surface area contributed by atoms with Gasteiger partial charge in [0, 0.05) is 24.1 Å². The number of rotatable bonds is 5. The molecule has 1 aromatic carbocycles. The fourth-order valence-corrected chi connectivity index (χ4v) is 1.83. The molecule has 2 rings (SSSR count). The van der Waals surface area contributed by atoms with Gasteiger partial charge >= 0.3 is 0 Å². The van der Waals surface area contributed by atoms with Crippen LogP contribution in [0.15, 0.2) is 43.0 Å². The summed E-state index contributed by atoms with van der Waals surface area (Å²) in [4.78, 5) is 4.05. The van der Waals surface area contributed by atoms with Gasteiger partial charge in [-0.3, -0.25) is 0 Å². The minimum Gasteiger partial charge on any atom is -0.310 e. The lowest BCUT2D eigenvalue weighted by Crippen LogP contribution is -2.19. The third-order valence-electron chi connectivity index (χ3n) is 2.90. The number of nitrogens with one attached hydrogen (secondary N) is 1. The standard InChI is InChI=1S/C14H19N3/c1-3-8-16-12(2)13-4-6-14(7-5-13)17-10-9-15-11-17/h4-7,9-12,16H,3,8H2,1-2H3. The van der Waals surface area contributed by atoms with Crippen LogP contribution in [0, 0.1) is 0 Å². The lowest BCUT2D eigenvalue weighted by Gasteiger charge is -2.14. The molecule has 3 heteroatoms. The van der Waals surface area contributed by atoms with E-state index in [0.717, 1.165) is 18.7 Å². The van der Waals surface area contributed by atoms with E-state index in [1.54, 1.807) is 6.20 Å². The topological polar surface area (TPSA) is 29.9 Å². The van der Waals surface area contributed by atoms with Crippen LogP contribution in [-0.2, 0) is 0 Å². The molecule has 0 spiro atoms. The van der Waals surface area contributed by atoms with Crippen LogP contribution < -0.4 is 5.32 Å². The summed E-state index contributed by atoms with van der Waals surface area (Å²) in [7, 11) is 0. The van der Waals surface area contributed by atoms with E-state index in [9.17, 15) is 0 Å². The number of imidazole rings is 1. The maximum atomic E-state index is 4.05. The number of hydrogen-bond acceptors (Lipinski definition) is 2. The van der Waals surface area contributed by atoms with Crippen molar-refractivity contribution in [2.45, 2.75) is 26.3 Å². The van der Waals surface area contributed by atoms with Gasteiger partial charge in [-0.2, -0.15) is 0 Å². The van der Waals surface area contributed by atoms with Crippen molar-refractivity contribution < 1.29 is 0 Å². The second kappa shape index (κ2) is 5.64. The molecule has 2 aromatic rings. The second-order valence-electron chi connectivity index (χ2n) is 4.24. The highest BCUT2D eigenvalue weighted by Gasteiger charge is 2.03. The summed E-state index contributed by atoms with van der Waals surface area (Å²) in [5.41, 5.74) is 2.47. The maximum absolute atomic E-state index is 4.05. The molecule has 1 unspecified atom stereocenters. The lowest BCUT2D eigenvalue weighted by molar-refractivity contribution is 0.570. The third kappa shape index (κ3) is 2.94. The summed E-state index contributed by atoms with van der Waals surface area (Å²) < 4.78 is 2.01. The zero-order chi connectivity index (χ0) is 12.1. The smallest absolute Gasteiger partial charge is 0.0991 e. The Balaban J connectivity index is 2.08. The zero-order valence-electron chi connectivity index (χ0n) is 10.4. The lowest BCUT2D eigenvalue weighted by atomic mass is 10.1. The van der Waals surface area contributed by atoms with Gasteiger partial charge in [-0.15, -0.1) is 0 Å². The Morgan fingerprint density at radius 3 is 2.65 bits per heavy atom. The van der Waals surface area contributed by atoms with E-state index in [0.29, 0.717) is 6.04 Å². The predicted octanol–water partition coefficient (Wildman–Crippen LogP) is 2.93. The van der Waals surface area contributed by atoms with Crippen LogP contribution in [-0.4, -0.2) is 16.1 Å². The van der Waals surface area contributed by atoms with Crippen LogP contribution in [0.1, 0.15) is 31.9 Å². The molecule has 90 valence electrons. The van der Waals surface area contributed by atoms with Gasteiger partial charge in [0.15, 0.2) is 0 Å². The molecule has 0 aliphatic heterocycles. The largest absolute Gasteiger partial charge is 0.310 e.